The van der Waals surface area contributed by atoms with Gasteiger partial charge >= 0.3 is 35.8 Å². The summed E-state index contributed by atoms with van der Waals surface area (Å²) in [7, 11) is 0. The highest BCUT2D eigenvalue weighted by atomic mass is 19.4. The summed E-state index contributed by atoms with van der Waals surface area (Å²) in [5.74, 6) is -39.6. The molecule has 1 atom stereocenters. The maximum atomic E-state index is 13.1. The first kappa shape index (κ1) is 21.8. The molecule has 0 aromatic heterocycles. The molecular formula is C10H7F13. The normalized spacial score (nSPS) is 17.1. The largest absolute Gasteiger partial charge is 0.460 e. The number of hydrogen-bond acceptors (Lipinski definition) is 0. The molecule has 0 amide bonds. The number of alkyl halides is 13. The molecule has 138 valence electrons. The van der Waals surface area contributed by atoms with Gasteiger partial charge in [0.2, 0.25) is 0 Å². The van der Waals surface area contributed by atoms with E-state index in [4.69, 9.17) is 0 Å². The summed E-state index contributed by atoms with van der Waals surface area (Å²) in [5.41, 5.74) is 0. The minimum atomic E-state index is -7.86. The van der Waals surface area contributed by atoms with E-state index >= 15 is 0 Å². The molecule has 0 aromatic carbocycles. The van der Waals surface area contributed by atoms with Gasteiger partial charge in [0.05, 0.1) is 0 Å². The molecule has 0 saturated carbocycles. The Kier molecular flexibility index (Phi) is 5.16. The predicted molar refractivity (Wildman–Crippen MR) is 50.2 cm³/mol. The molecule has 0 aromatic rings. The van der Waals surface area contributed by atoms with Crippen LogP contribution in [0.1, 0.15) is 6.92 Å². The average molecular weight is 374 g/mol. The van der Waals surface area contributed by atoms with Crippen LogP contribution < -0.4 is 0 Å². The molecule has 0 aliphatic carbocycles. The molecule has 0 spiro atoms. The molecule has 0 nitrogen and oxygen atoms in total. The molecule has 0 fully saturated rings. The fourth-order valence-electron chi connectivity index (χ4n) is 1.22. The summed E-state index contributed by atoms with van der Waals surface area (Å²) in [6, 6.07) is 0. The molecule has 0 N–H and O–H groups in total. The van der Waals surface area contributed by atoms with Gasteiger partial charge in [-0.15, -0.1) is 6.58 Å². The van der Waals surface area contributed by atoms with E-state index in [0.717, 1.165) is 0 Å². The highest BCUT2D eigenvalue weighted by Crippen LogP contribution is 2.61. The van der Waals surface area contributed by atoms with E-state index < -0.39 is 41.7 Å². The molecule has 0 radical (unpaired) electrons. The Balaban J connectivity index is 6.30. The van der Waals surface area contributed by atoms with Crippen LogP contribution in [0.25, 0.3) is 0 Å². The Labute approximate surface area is 119 Å². The second-order valence-electron chi connectivity index (χ2n) is 4.44. The van der Waals surface area contributed by atoms with E-state index in [1.807, 2.05) is 0 Å². The van der Waals surface area contributed by atoms with E-state index in [0.29, 0.717) is 0 Å². The minimum Gasteiger partial charge on any atom is -0.199 e. The third-order valence-corrected chi connectivity index (χ3v) is 2.88. The summed E-state index contributed by atoms with van der Waals surface area (Å²) < 4.78 is 164. The summed E-state index contributed by atoms with van der Waals surface area (Å²) in [6.45, 7) is 2.59. The predicted octanol–water partition coefficient (Wildman–Crippen LogP) is 5.55. The lowest BCUT2D eigenvalue weighted by atomic mass is 9.88. The van der Waals surface area contributed by atoms with Gasteiger partial charge in [-0.1, -0.05) is 13.0 Å². The topological polar surface area (TPSA) is 0 Å². The Morgan fingerprint density at radius 2 is 0.913 bits per heavy atom. The summed E-state index contributed by atoms with van der Waals surface area (Å²) >= 11 is 0. The Morgan fingerprint density at radius 1 is 0.609 bits per heavy atom. The quantitative estimate of drug-likeness (QED) is 0.423. The monoisotopic (exact) mass is 374 g/mol. The van der Waals surface area contributed by atoms with Crippen molar-refractivity contribution in [1.29, 1.82) is 0 Å². The van der Waals surface area contributed by atoms with E-state index in [1.54, 1.807) is 0 Å². The van der Waals surface area contributed by atoms with Gasteiger partial charge in [-0.25, -0.2) is 0 Å². The SMILES string of the molecule is C=CC(C)C(F)(F)C(F)(F)C(F)(F)C(F)(F)C(F)(F)C(F)(F)F. The number of hydrogen-bond donors (Lipinski definition) is 0. The van der Waals surface area contributed by atoms with E-state index in [2.05, 4.69) is 6.58 Å². The summed E-state index contributed by atoms with van der Waals surface area (Å²) in [4.78, 5) is 0. The van der Waals surface area contributed by atoms with Gasteiger partial charge in [0.1, 0.15) is 0 Å². The first-order valence-electron chi connectivity index (χ1n) is 5.31. The molecule has 13 heteroatoms. The van der Waals surface area contributed by atoms with Crippen LogP contribution in [-0.4, -0.2) is 35.8 Å². The molecule has 0 saturated heterocycles. The second-order valence-corrected chi connectivity index (χ2v) is 4.44. The fourth-order valence-corrected chi connectivity index (χ4v) is 1.22. The van der Waals surface area contributed by atoms with Crippen molar-refractivity contribution in [3.63, 3.8) is 0 Å². The maximum Gasteiger partial charge on any atom is 0.460 e. The maximum absolute atomic E-state index is 13.1. The smallest absolute Gasteiger partial charge is 0.199 e. The zero-order chi connectivity index (χ0) is 19.3. The van der Waals surface area contributed by atoms with Crippen LogP contribution in [0.4, 0.5) is 57.1 Å². The minimum absolute atomic E-state index is 0.0932. The first-order valence-corrected chi connectivity index (χ1v) is 5.31. The zero-order valence-electron chi connectivity index (χ0n) is 10.8. The van der Waals surface area contributed by atoms with Crippen molar-refractivity contribution in [1.82, 2.24) is 0 Å². The first-order chi connectivity index (χ1) is 9.73. The highest BCUT2D eigenvalue weighted by molar-refractivity contribution is 5.12. The van der Waals surface area contributed by atoms with Crippen molar-refractivity contribution in [2.75, 3.05) is 0 Å². The van der Waals surface area contributed by atoms with Crippen molar-refractivity contribution in [2.45, 2.75) is 42.7 Å². The van der Waals surface area contributed by atoms with Gasteiger partial charge in [0, 0.05) is 5.92 Å². The Hall–Kier alpha value is -1.17. The van der Waals surface area contributed by atoms with Crippen LogP contribution in [0.2, 0.25) is 0 Å². The van der Waals surface area contributed by atoms with Crippen LogP contribution >= 0.6 is 0 Å². The van der Waals surface area contributed by atoms with Gasteiger partial charge in [-0.3, -0.25) is 0 Å². The third-order valence-electron chi connectivity index (χ3n) is 2.88. The zero-order valence-corrected chi connectivity index (χ0v) is 10.8. The van der Waals surface area contributed by atoms with Crippen molar-refractivity contribution in [3.8, 4) is 0 Å². The van der Waals surface area contributed by atoms with Crippen LogP contribution in [-0.2, 0) is 0 Å². The van der Waals surface area contributed by atoms with Crippen molar-refractivity contribution in [3.05, 3.63) is 12.7 Å². The summed E-state index contributed by atoms with van der Waals surface area (Å²) in [6.07, 6.45) is -7.49. The molecular weight excluding hydrogens is 367 g/mol. The van der Waals surface area contributed by atoms with E-state index in [9.17, 15) is 57.1 Å². The molecule has 0 rings (SSSR count). The van der Waals surface area contributed by atoms with Gasteiger partial charge in [0.25, 0.3) is 0 Å². The summed E-state index contributed by atoms with van der Waals surface area (Å²) in [5, 5.41) is 0. The standard InChI is InChI=1S/C10H7F13/c1-3-4(2)5(11,12)6(13,14)7(15,16)8(17,18)9(19,20)10(21,22)23/h3-4H,1H2,2H3. The van der Waals surface area contributed by atoms with Gasteiger partial charge in [-0.2, -0.15) is 57.1 Å². The lowest BCUT2D eigenvalue weighted by molar-refractivity contribution is -0.441. The lowest BCUT2D eigenvalue weighted by Gasteiger charge is -2.40. The second kappa shape index (κ2) is 5.43. The van der Waals surface area contributed by atoms with Gasteiger partial charge in [0.15, 0.2) is 0 Å². The molecule has 23 heavy (non-hydrogen) atoms. The molecule has 0 heterocycles. The lowest BCUT2D eigenvalue weighted by Crippen LogP contribution is -2.70. The van der Waals surface area contributed by atoms with Gasteiger partial charge < -0.3 is 0 Å². The van der Waals surface area contributed by atoms with Crippen molar-refractivity contribution >= 4 is 0 Å². The van der Waals surface area contributed by atoms with Crippen LogP contribution in [0, 0.1) is 5.92 Å². The van der Waals surface area contributed by atoms with Crippen molar-refractivity contribution < 1.29 is 57.1 Å². The average Bonchev–Trinajstić information content (AvgIpc) is 2.35. The van der Waals surface area contributed by atoms with Crippen LogP contribution in [0.5, 0.6) is 0 Å². The van der Waals surface area contributed by atoms with Crippen molar-refractivity contribution in [2.24, 2.45) is 5.92 Å². The van der Waals surface area contributed by atoms with Gasteiger partial charge in [-0.05, 0) is 0 Å². The van der Waals surface area contributed by atoms with E-state index in [1.165, 1.54) is 0 Å². The molecule has 0 aliphatic rings. The van der Waals surface area contributed by atoms with Crippen LogP contribution in [0.3, 0.4) is 0 Å². The number of rotatable bonds is 6. The number of halogens is 13. The Morgan fingerprint density at radius 3 is 1.17 bits per heavy atom. The third kappa shape index (κ3) is 2.75. The van der Waals surface area contributed by atoms with Crippen LogP contribution in [0.15, 0.2) is 12.7 Å². The van der Waals surface area contributed by atoms with E-state index in [-0.39, 0.29) is 13.0 Å². The molecule has 1 unspecified atom stereocenters. The number of allylic oxidation sites excluding steroid dienone is 1. The highest BCUT2D eigenvalue weighted by Gasteiger charge is 2.90. The molecule has 0 bridgehead atoms. The Bertz CT molecular complexity index is 444. The fraction of sp³-hybridized carbons (Fsp3) is 0.800. The molecule has 0 aliphatic heterocycles.